The third-order valence-electron chi connectivity index (χ3n) is 5.36. The maximum atomic E-state index is 13.3. The van der Waals surface area contributed by atoms with Crippen LogP contribution in [0.3, 0.4) is 0 Å². The molecule has 34 heavy (non-hydrogen) atoms. The standard InChI is InChI=1S/C25H21BrN6O2/c1-2-14-34-22-9-4-3-7-18(22)25(33)27-20-8-5-6-16-12-13-32(23(16)20)21-11-10-17(26)15-19(21)24-28-30-31-29-24/h3-13,15H,2,14H2,1H3,(H,27,33)(H,28,29,30,31). The average Bonchev–Trinajstić information content (AvgIpc) is 3.54. The van der Waals surface area contributed by atoms with Gasteiger partial charge in [-0.1, -0.05) is 47.1 Å². The van der Waals surface area contributed by atoms with Gasteiger partial charge in [-0.2, -0.15) is 5.21 Å². The fraction of sp³-hybridized carbons (Fsp3) is 0.120. The highest BCUT2D eigenvalue weighted by molar-refractivity contribution is 9.10. The molecule has 0 fully saturated rings. The Morgan fingerprint density at radius 1 is 1.12 bits per heavy atom. The van der Waals surface area contributed by atoms with Crippen LogP contribution in [0, 0.1) is 0 Å². The minimum atomic E-state index is -0.235. The number of aromatic amines is 1. The van der Waals surface area contributed by atoms with Crippen molar-refractivity contribution < 1.29 is 9.53 Å². The SMILES string of the molecule is CCCOc1ccccc1C(=O)Nc1cccc2ccn(-c3ccc(Br)cc3-c3nn[nH]n3)c12. The van der Waals surface area contributed by atoms with Crippen molar-refractivity contribution in [1.29, 1.82) is 0 Å². The van der Waals surface area contributed by atoms with Gasteiger partial charge < -0.3 is 14.6 Å². The Hall–Kier alpha value is -3.98. The first kappa shape index (κ1) is 21.8. The number of tetrazole rings is 1. The van der Waals surface area contributed by atoms with E-state index in [0.29, 0.717) is 29.4 Å². The molecule has 0 saturated carbocycles. The molecule has 0 bridgehead atoms. The van der Waals surface area contributed by atoms with Crippen molar-refractivity contribution in [1.82, 2.24) is 25.2 Å². The predicted molar refractivity (Wildman–Crippen MR) is 134 cm³/mol. The summed E-state index contributed by atoms with van der Waals surface area (Å²) in [4.78, 5) is 13.3. The monoisotopic (exact) mass is 516 g/mol. The van der Waals surface area contributed by atoms with E-state index in [1.54, 1.807) is 6.07 Å². The van der Waals surface area contributed by atoms with Crippen LogP contribution >= 0.6 is 15.9 Å². The van der Waals surface area contributed by atoms with Gasteiger partial charge in [-0.15, -0.1) is 10.2 Å². The molecule has 9 heteroatoms. The number of anilines is 1. The van der Waals surface area contributed by atoms with E-state index < -0.39 is 0 Å². The number of amides is 1. The second-order valence-corrected chi connectivity index (χ2v) is 8.54. The smallest absolute Gasteiger partial charge is 0.259 e. The topological polar surface area (TPSA) is 97.7 Å². The number of H-pyrrole nitrogens is 1. The largest absolute Gasteiger partial charge is 0.493 e. The van der Waals surface area contributed by atoms with Crippen molar-refractivity contribution in [3.63, 3.8) is 0 Å². The first-order valence-corrected chi connectivity index (χ1v) is 11.6. The molecule has 0 aliphatic heterocycles. The fourth-order valence-electron chi connectivity index (χ4n) is 3.85. The van der Waals surface area contributed by atoms with Gasteiger partial charge in [-0.05, 0) is 54.1 Å². The van der Waals surface area contributed by atoms with Gasteiger partial charge in [0.15, 0.2) is 0 Å². The number of halogens is 1. The fourth-order valence-corrected chi connectivity index (χ4v) is 4.21. The van der Waals surface area contributed by atoms with Gasteiger partial charge in [0.25, 0.3) is 5.91 Å². The molecule has 0 atom stereocenters. The van der Waals surface area contributed by atoms with E-state index in [2.05, 4.69) is 41.9 Å². The highest BCUT2D eigenvalue weighted by atomic mass is 79.9. The molecule has 8 nitrogen and oxygen atoms in total. The Bertz CT molecular complexity index is 1460. The van der Waals surface area contributed by atoms with E-state index in [0.717, 1.165) is 33.0 Å². The highest BCUT2D eigenvalue weighted by Gasteiger charge is 2.18. The number of ether oxygens (including phenoxy) is 1. The summed E-state index contributed by atoms with van der Waals surface area (Å²) in [6.45, 7) is 2.58. The molecule has 0 aliphatic carbocycles. The maximum absolute atomic E-state index is 13.3. The van der Waals surface area contributed by atoms with Crippen molar-refractivity contribution in [2.24, 2.45) is 0 Å². The molecule has 0 radical (unpaired) electrons. The van der Waals surface area contributed by atoms with Gasteiger partial charge in [0, 0.05) is 21.6 Å². The number of fused-ring (bicyclic) bond motifs is 1. The van der Waals surface area contributed by atoms with E-state index >= 15 is 0 Å². The van der Waals surface area contributed by atoms with Crippen LogP contribution in [0.4, 0.5) is 5.69 Å². The molecule has 2 aromatic heterocycles. The molecule has 2 N–H and O–H groups in total. The number of nitrogens with one attached hydrogen (secondary N) is 2. The Labute approximate surface area is 204 Å². The Kier molecular flexibility index (Phi) is 6.09. The van der Waals surface area contributed by atoms with E-state index in [1.807, 2.05) is 78.4 Å². The number of nitrogens with zero attached hydrogens (tertiary/aromatic N) is 4. The van der Waals surface area contributed by atoms with Crippen LogP contribution in [0.15, 0.2) is 77.4 Å². The molecule has 5 aromatic rings. The Balaban J connectivity index is 1.58. The lowest BCUT2D eigenvalue weighted by molar-refractivity contribution is 0.102. The van der Waals surface area contributed by atoms with Crippen LogP contribution in [0.25, 0.3) is 28.0 Å². The van der Waals surface area contributed by atoms with Crippen molar-refractivity contribution >= 4 is 38.4 Å². The maximum Gasteiger partial charge on any atom is 0.259 e. The van der Waals surface area contributed by atoms with Gasteiger partial charge in [-0.3, -0.25) is 4.79 Å². The number of carbonyl (C=O) groups excluding carboxylic acids is 1. The summed E-state index contributed by atoms with van der Waals surface area (Å²) in [5.74, 6) is 0.805. The zero-order chi connectivity index (χ0) is 23.5. The molecule has 3 aromatic carbocycles. The third kappa shape index (κ3) is 4.17. The van der Waals surface area contributed by atoms with Crippen LogP contribution < -0.4 is 10.1 Å². The van der Waals surface area contributed by atoms with Crippen molar-refractivity contribution in [3.05, 3.63) is 83.0 Å². The quantitative estimate of drug-likeness (QED) is 0.292. The second-order valence-electron chi connectivity index (χ2n) is 7.62. The number of para-hydroxylation sites is 2. The lowest BCUT2D eigenvalue weighted by Crippen LogP contribution is -2.14. The van der Waals surface area contributed by atoms with Crippen molar-refractivity contribution in [2.75, 3.05) is 11.9 Å². The predicted octanol–water partition coefficient (Wildman–Crippen LogP) is 5.61. The molecular weight excluding hydrogens is 496 g/mol. The van der Waals surface area contributed by atoms with E-state index in [-0.39, 0.29) is 5.91 Å². The number of benzene rings is 3. The minimum Gasteiger partial charge on any atom is -0.493 e. The normalized spacial score (nSPS) is 11.0. The molecule has 1 amide bonds. The Morgan fingerprint density at radius 2 is 2.00 bits per heavy atom. The number of carbonyl (C=O) groups is 1. The molecule has 0 saturated heterocycles. The molecule has 0 aliphatic rings. The van der Waals surface area contributed by atoms with Crippen LogP contribution in [-0.2, 0) is 0 Å². The lowest BCUT2D eigenvalue weighted by atomic mass is 10.1. The van der Waals surface area contributed by atoms with Crippen LogP contribution in [0.2, 0.25) is 0 Å². The van der Waals surface area contributed by atoms with E-state index in [1.165, 1.54) is 0 Å². The van der Waals surface area contributed by atoms with E-state index in [4.69, 9.17) is 4.74 Å². The van der Waals surface area contributed by atoms with Gasteiger partial charge >= 0.3 is 0 Å². The van der Waals surface area contributed by atoms with Crippen molar-refractivity contribution in [3.8, 4) is 22.8 Å². The molecule has 0 spiro atoms. The zero-order valence-electron chi connectivity index (χ0n) is 18.3. The molecular formula is C25H21BrN6O2. The molecule has 170 valence electrons. The summed E-state index contributed by atoms with van der Waals surface area (Å²) in [6.07, 6.45) is 2.82. The first-order chi connectivity index (χ1) is 16.7. The van der Waals surface area contributed by atoms with Crippen LogP contribution in [-0.4, -0.2) is 37.7 Å². The summed E-state index contributed by atoms with van der Waals surface area (Å²) >= 11 is 3.53. The summed E-state index contributed by atoms with van der Waals surface area (Å²) in [5.41, 5.74) is 3.67. The number of hydrogen-bond acceptors (Lipinski definition) is 5. The average molecular weight is 517 g/mol. The summed E-state index contributed by atoms with van der Waals surface area (Å²) in [6, 6.07) is 21.0. The zero-order valence-corrected chi connectivity index (χ0v) is 19.9. The molecule has 0 unspecified atom stereocenters. The van der Waals surface area contributed by atoms with Gasteiger partial charge in [-0.25, -0.2) is 0 Å². The molecule has 2 heterocycles. The van der Waals surface area contributed by atoms with Crippen molar-refractivity contribution in [2.45, 2.75) is 13.3 Å². The minimum absolute atomic E-state index is 0.235. The third-order valence-corrected chi connectivity index (χ3v) is 5.85. The number of rotatable bonds is 7. The second kappa shape index (κ2) is 9.48. The van der Waals surface area contributed by atoms with Crippen LogP contribution in [0.5, 0.6) is 5.75 Å². The summed E-state index contributed by atoms with van der Waals surface area (Å²) in [7, 11) is 0. The molecule has 5 rings (SSSR count). The number of aromatic nitrogens is 5. The number of hydrogen-bond donors (Lipinski definition) is 2. The van der Waals surface area contributed by atoms with Gasteiger partial charge in [0.1, 0.15) is 5.75 Å². The van der Waals surface area contributed by atoms with Gasteiger partial charge in [0.2, 0.25) is 5.82 Å². The lowest BCUT2D eigenvalue weighted by Gasteiger charge is -2.15. The first-order valence-electron chi connectivity index (χ1n) is 10.8. The highest BCUT2D eigenvalue weighted by Crippen LogP contribution is 2.33. The summed E-state index contributed by atoms with van der Waals surface area (Å²) in [5, 5.41) is 18.6. The van der Waals surface area contributed by atoms with Crippen LogP contribution in [0.1, 0.15) is 23.7 Å². The Morgan fingerprint density at radius 3 is 2.82 bits per heavy atom. The van der Waals surface area contributed by atoms with Gasteiger partial charge in [0.05, 0.1) is 29.1 Å². The van der Waals surface area contributed by atoms with E-state index in [9.17, 15) is 4.79 Å². The summed E-state index contributed by atoms with van der Waals surface area (Å²) < 4.78 is 8.70.